The van der Waals surface area contributed by atoms with Crippen molar-refractivity contribution in [1.29, 1.82) is 0 Å². The topological polar surface area (TPSA) is 45.9 Å². The van der Waals surface area contributed by atoms with Crippen molar-refractivity contribution in [2.45, 2.75) is 0 Å². The van der Waals surface area contributed by atoms with Gasteiger partial charge in [0.05, 0.1) is 18.9 Å². The van der Waals surface area contributed by atoms with Crippen molar-refractivity contribution in [1.82, 2.24) is 4.90 Å². The van der Waals surface area contributed by atoms with E-state index in [0.717, 1.165) is 30.1 Å². The molecular weight excluding hydrogens is 364 g/mol. The second-order valence-electron chi connectivity index (χ2n) is 6.92. The van der Waals surface area contributed by atoms with Crippen LogP contribution in [0.15, 0.2) is 77.4 Å². The first-order valence-corrected chi connectivity index (χ1v) is 9.73. The molecule has 29 heavy (non-hydrogen) atoms. The van der Waals surface area contributed by atoms with Crippen LogP contribution in [-0.2, 0) is 4.79 Å². The second-order valence-corrected chi connectivity index (χ2v) is 6.92. The number of furan rings is 1. The molecule has 5 heteroatoms. The molecule has 0 atom stereocenters. The summed E-state index contributed by atoms with van der Waals surface area (Å²) < 4.78 is 10.7. The largest absolute Gasteiger partial charge is 0.497 e. The maximum atomic E-state index is 13.3. The highest BCUT2D eigenvalue weighted by molar-refractivity contribution is 6.24. The second kappa shape index (κ2) is 8.69. The Morgan fingerprint density at radius 3 is 2.28 bits per heavy atom. The molecule has 0 radical (unpaired) electrons. The van der Waals surface area contributed by atoms with Gasteiger partial charge in [0.25, 0.3) is 5.91 Å². The fourth-order valence-electron chi connectivity index (χ4n) is 3.53. The van der Waals surface area contributed by atoms with Gasteiger partial charge in [-0.2, -0.15) is 0 Å². The molecule has 148 valence electrons. The van der Waals surface area contributed by atoms with Crippen molar-refractivity contribution in [2.75, 3.05) is 38.2 Å². The minimum atomic E-state index is 0.0296. The van der Waals surface area contributed by atoms with Gasteiger partial charge in [-0.25, -0.2) is 0 Å². The van der Waals surface area contributed by atoms with Crippen LogP contribution in [0, 0.1) is 0 Å². The zero-order chi connectivity index (χ0) is 20.1. The molecule has 2 heterocycles. The average Bonchev–Trinajstić information content (AvgIpc) is 3.31. The Hall–Kier alpha value is -3.47. The Morgan fingerprint density at radius 2 is 1.66 bits per heavy atom. The van der Waals surface area contributed by atoms with Gasteiger partial charge in [0.15, 0.2) is 0 Å². The van der Waals surface area contributed by atoms with Crippen molar-refractivity contribution in [2.24, 2.45) is 0 Å². The molecule has 0 N–H and O–H groups in total. The maximum absolute atomic E-state index is 13.3. The zero-order valence-electron chi connectivity index (χ0n) is 16.5. The number of carbonyl (C=O) groups excluding carboxylic acids is 1. The number of amides is 1. The molecule has 0 aliphatic carbocycles. The van der Waals surface area contributed by atoms with E-state index in [1.807, 2.05) is 65.6 Å². The average molecular weight is 388 g/mol. The molecule has 4 rings (SSSR count). The lowest BCUT2D eigenvalue weighted by molar-refractivity contribution is -0.125. The van der Waals surface area contributed by atoms with Gasteiger partial charge in [0.2, 0.25) is 0 Å². The van der Waals surface area contributed by atoms with E-state index < -0.39 is 0 Å². The van der Waals surface area contributed by atoms with E-state index in [1.54, 1.807) is 13.4 Å². The smallest absolute Gasteiger partial charge is 0.254 e. The summed E-state index contributed by atoms with van der Waals surface area (Å²) in [5.74, 6) is 1.55. The molecule has 3 aromatic rings. The fourth-order valence-corrected chi connectivity index (χ4v) is 3.53. The molecule has 1 aromatic heterocycles. The van der Waals surface area contributed by atoms with E-state index in [2.05, 4.69) is 17.0 Å². The highest BCUT2D eigenvalue weighted by Gasteiger charge is 2.25. The number of hydrogen-bond acceptors (Lipinski definition) is 4. The Bertz CT molecular complexity index is 955. The van der Waals surface area contributed by atoms with Crippen LogP contribution in [0.2, 0.25) is 0 Å². The minimum Gasteiger partial charge on any atom is -0.497 e. The van der Waals surface area contributed by atoms with Crippen LogP contribution in [0.4, 0.5) is 5.69 Å². The van der Waals surface area contributed by atoms with E-state index in [0.29, 0.717) is 24.4 Å². The van der Waals surface area contributed by atoms with Crippen LogP contribution in [0.3, 0.4) is 0 Å². The SMILES string of the molecule is COc1ccc(N2CCN(C(=O)/C(=C/c3ccco3)c3ccccc3)CC2)cc1. The molecule has 1 saturated heterocycles. The van der Waals surface area contributed by atoms with Gasteiger partial charge in [-0.05, 0) is 48.0 Å². The van der Waals surface area contributed by atoms with Crippen molar-refractivity contribution in [3.05, 3.63) is 84.3 Å². The molecule has 5 nitrogen and oxygen atoms in total. The molecule has 0 unspecified atom stereocenters. The first-order valence-electron chi connectivity index (χ1n) is 9.73. The first kappa shape index (κ1) is 18.9. The normalized spacial score (nSPS) is 14.7. The number of carbonyl (C=O) groups is 1. The summed E-state index contributed by atoms with van der Waals surface area (Å²) in [6.45, 7) is 2.93. The van der Waals surface area contributed by atoms with Gasteiger partial charge in [-0.15, -0.1) is 0 Å². The third kappa shape index (κ3) is 4.35. The van der Waals surface area contributed by atoms with Crippen LogP contribution in [0.5, 0.6) is 5.75 Å². The Morgan fingerprint density at radius 1 is 0.931 bits per heavy atom. The summed E-state index contributed by atoms with van der Waals surface area (Å²) in [5, 5.41) is 0. The first-order chi connectivity index (χ1) is 14.2. The minimum absolute atomic E-state index is 0.0296. The molecule has 0 saturated carbocycles. The van der Waals surface area contributed by atoms with Crippen LogP contribution >= 0.6 is 0 Å². The number of ether oxygens (including phenoxy) is 1. The predicted molar refractivity (Wildman–Crippen MR) is 115 cm³/mol. The Kier molecular flexibility index (Phi) is 5.66. The van der Waals surface area contributed by atoms with Gasteiger partial charge >= 0.3 is 0 Å². The van der Waals surface area contributed by atoms with E-state index >= 15 is 0 Å². The molecule has 1 amide bonds. The summed E-state index contributed by atoms with van der Waals surface area (Å²) in [6, 6.07) is 21.5. The number of benzene rings is 2. The predicted octanol–water partition coefficient (Wildman–Crippen LogP) is 4.18. The van der Waals surface area contributed by atoms with Crippen LogP contribution in [0.25, 0.3) is 11.6 Å². The van der Waals surface area contributed by atoms with Crippen LogP contribution < -0.4 is 9.64 Å². The highest BCUT2D eigenvalue weighted by atomic mass is 16.5. The van der Waals surface area contributed by atoms with Crippen molar-refractivity contribution in [3.8, 4) is 5.75 Å². The number of anilines is 1. The van der Waals surface area contributed by atoms with Gasteiger partial charge in [0, 0.05) is 31.9 Å². The Balaban J connectivity index is 1.49. The lowest BCUT2D eigenvalue weighted by Crippen LogP contribution is -2.49. The number of piperazine rings is 1. The number of hydrogen-bond donors (Lipinski definition) is 0. The molecular formula is C24H24N2O3. The fraction of sp³-hybridized carbons (Fsp3) is 0.208. The highest BCUT2D eigenvalue weighted by Crippen LogP contribution is 2.24. The van der Waals surface area contributed by atoms with Crippen molar-refractivity contribution >= 4 is 23.2 Å². The number of methoxy groups -OCH3 is 1. The van der Waals surface area contributed by atoms with Gasteiger partial charge in [-0.1, -0.05) is 30.3 Å². The van der Waals surface area contributed by atoms with Gasteiger partial charge < -0.3 is 19.0 Å². The standard InChI is InChI=1S/C24H24N2O3/c1-28-21-11-9-20(10-12-21)25-13-15-26(16-14-25)24(27)23(18-22-8-5-17-29-22)19-6-3-2-4-7-19/h2-12,17-18H,13-16H2,1H3/b23-18+. The molecule has 1 fully saturated rings. The van der Waals surface area contributed by atoms with E-state index in [4.69, 9.17) is 9.15 Å². The van der Waals surface area contributed by atoms with Crippen molar-refractivity contribution in [3.63, 3.8) is 0 Å². The summed E-state index contributed by atoms with van der Waals surface area (Å²) in [7, 11) is 1.67. The van der Waals surface area contributed by atoms with E-state index in [9.17, 15) is 4.79 Å². The summed E-state index contributed by atoms with van der Waals surface area (Å²) in [4.78, 5) is 17.5. The third-order valence-electron chi connectivity index (χ3n) is 5.15. The number of rotatable bonds is 5. The van der Waals surface area contributed by atoms with Crippen LogP contribution in [0.1, 0.15) is 11.3 Å². The lowest BCUT2D eigenvalue weighted by atomic mass is 10.0. The van der Waals surface area contributed by atoms with E-state index in [1.165, 1.54) is 0 Å². The lowest BCUT2D eigenvalue weighted by Gasteiger charge is -2.36. The molecule has 1 aliphatic heterocycles. The summed E-state index contributed by atoms with van der Waals surface area (Å²) in [6.07, 6.45) is 3.44. The molecule has 1 aliphatic rings. The number of nitrogens with zero attached hydrogens (tertiary/aromatic N) is 2. The van der Waals surface area contributed by atoms with Crippen LogP contribution in [-0.4, -0.2) is 44.1 Å². The van der Waals surface area contributed by atoms with Gasteiger partial charge in [-0.3, -0.25) is 4.79 Å². The Labute approximate surface area is 170 Å². The van der Waals surface area contributed by atoms with E-state index in [-0.39, 0.29) is 5.91 Å². The van der Waals surface area contributed by atoms with Crippen molar-refractivity contribution < 1.29 is 13.9 Å². The molecule has 0 bridgehead atoms. The van der Waals surface area contributed by atoms with Gasteiger partial charge in [0.1, 0.15) is 11.5 Å². The molecule has 2 aromatic carbocycles. The third-order valence-corrected chi connectivity index (χ3v) is 5.15. The summed E-state index contributed by atoms with van der Waals surface area (Å²) in [5.41, 5.74) is 2.69. The molecule has 0 spiro atoms. The maximum Gasteiger partial charge on any atom is 0.254 e. The zero-order valence-corrected chi connectivity index (χ0v) is 16.5. The summed E-state index contributed by atoms with van der Waals surface area (Å²) >= 11 is 0. The quantitative estimate of drug-likeness (QED) is 0.615. The monoisotopic (exact) mass is 388 g/mol.